The summed E-state index contributed by atoms with van der Waals surface area (Å²) in [6, 6.07) is 18.8. The summed E-state index contributed by atoms with van der Waals surface area (Å²) in [5.41, 5.74) is 14.1. The molecule has 3 aromatic rings. The zero-order valence-electron chi connectivity index (χ0n) is 21.8. The van der Waals surface area contributed by atoms with Crippen LogP contribution in [0, 0.1) is 41.5 Å². The number of benzene rings is 3. The average Bonchev–Trinajstić information content (AvgIpc) is 2.65. The quantitative estimate of drug-likeness (QED) is 0.326. The van der Waals surface area contributed by atoms with Gasteiger partial charge in [0.25, 0.3) is 0 Å². The molecule has 0 spiro atoms. The second-order valence-electron chi connectivity index (χ2n) is 10.2. The second-order valence-corrected chi connectivity index (χ2v) is 13.6. The molecule has 0 amide bonds. The van der Waals surface area contributed by atoms with Crippen LogP contribution < -0.4 is 21.7 Å². The number of hydrogen-bond donors (Lipinski definition) is 0. The largest absolute Gasteiger partial charge is 0.243 e. The highest BCUT2D eigenvalue weighted by Gasteiger charge is 2.32. The first-order valence-electron chi connectivity index (χ1n) is 12.1. The molecule has 0 saturated heterocycles. The molecular weight excluding hydrogens is 402 g/mol. The van der Waals surface area contributed by atoms with Crippen molar-refractivity contribution < 1.29 is 0 Å². The highest BCUT2D eigenvalue weighted by molar-refractivity contribution is 7.67. The lowest BCUT2D eigenvalue weighted by Gasteiger charge is -2.32. The van der Waals surface area contributed by atoms with Gasteiger partial charge in [0.2, 0.25) is 6.71 Å². The maximum atomic E-state index is 2.42. The van der Waals surface area contributed by atoms with Crippen LogP contribution in [0.3, 0.4) is 0 Å². The van der Waals surface area contributed by atoms with Crippen LogP contribution in [0.5, 0.6) is 0 Å². The van der Waals surface area contributed by atoms with Gasteiger partial charge >= 0.3 is 0 Å². The summed E-state index contributed by atoms with van der Waals surface area (Å²) in [7, 11) is -0.259. The first kappa shape index (κ1) is 24.8. The molecule has 168 valence electrons. The lowest BCUT2D eigenvalue weighted by molar-refractivity contribution is 1.02. The number of aryl methyl sites for hydroxylation is 6. The van der Waals surface area contributed by atoms with Gasteiger partial charge in [0.1, 0.15) is 0 Å². The molecule has 3 rings (SSSR count). The molecule has 3 aromatic carbocycles. The van der Waals surface area contributed by atoms with Crippen LogP contribution in [-0.4, -0.2) is 18.0 Å². The third-order valence-corrected chi connectivity index (χ3v) is 9.88. The third-order valence-electron chi connectivity index (χ3n) is 6.69. The summed E-state index contributed by atoms with van der Waals surface area (Å²) in [5.74, 6) is 0. The van der Waals surface area contributed by atoms with Gasteiger partial charge in [0, 0.05) is 0 Å². The smallest absolute Gasteiger partial charge is 0.0706 e. The van der Waals surface area contributed by atoms with Crippen LogP contribution in [-0.2, 0) is 0 Å². The molecule has 0 heterocycles. The minimum absolute atomic E-state index is 0.259. The molecule has 32 heavy (non-hydrogen) atoms. The Morgan fingerprint density at radius 1 is 0.594 bits per heavy atom. The maximum absolute atomic E-state index is 2.42. The van der Waals surface area contributed by atoms with Gasteiger partial charge in [0.05, 0.1) is 0 Å². The Kier molecular flexibility index (Phi) is 7.72. The zero-order valence-corrected chi connectivity index (χ0v) is 22.7. The lowest BCUT2D eigenvalue weighted by Crippen LogP contribution is -2.59. The third kappa shape index (κ3) is 4.89. The molecule has 0 aliphatic heterocycles. The van der Waals surface area contributed by atoms with Gasteiger partial charge in [-0.2, -0.15) is 0 Å². The fourth-order valence-electron chi connectivity index (χ4n) is 5.87. The van der Waals surface area contributed by atoms with Crippen molar-refractivity contribution in [2.24, 2.45) is 0 Å². The molecule has 2 heteroatoms. The normalized spacial score (nSPS) is 11.7. The summed E-state index contributed by atoms with van der Waals surface area (Å²) in [6.07, 6.45) is 0. The van der Waals surface area contributed by atoms with Crippen molar-refractivity contribution in [1.82, 2.24) is 0 Å². The Hall–Kier alpha value is -1.85. The predicted octanol–water partition coefficient (Wildman–Crippen LogP) is 5.98. The predicted molar refractivity (Wildman–Crippen MR) is 149 cm³/mol. The highest BCUT2D eigenvalue weighted by Crippen LogP contribution is 2.44. The van der Waals surface area contributed by atoms with Crippen molar-refractivity contribution in [3.63, 3.8) is 0 Å². The molecule has 0 aromatic heterocycles. The summed E-state index contributed by atoms with van der Waals surface area (Å²) in [6.45, 7) is 23.5. The number of rotatable bonds is 6. The van der Waals surface area contributed by atoms with E-state index in [0.29, 0.717) is 11.3 Å². The van der Waals surface area contributed by atoms with E-state index in [9.17, 15) is 0 Å². The molecule has 0 aliphatic rings. The molecular formula is C30H40BP. The van der Waals surface area contributed by atoms with Gasteiger partial charge in [-0.25, -0.2) is 0 Å². The highest BCUT2D eigenvalue weighted by atomic mass is 31.1. The van der Waals surface area contributed by atoms with E-state index in [1.54, 1.807) is 5.30 Å². The van der Waals surface area contributed by atoms with E-state index in [4.69, 9.17) is 0 Å². The first-order chi connectivity index (χ1) is 15.0. The standard InChI is InChI=1S/C30H40BP/c1-19(2)32(20(3)4)28-14-12-11-13-27(28)31(29-23(7)15-21(5)16-24(29)8)30-25(9)17-22(6)18-26(30)10/h11-20H,1-10H3. The van der Waals surface area contributed by atoms with Crippen molar-refractivity contribution in [1.29, 1.82) is 0 Å². The van der Waals surface area contributed by atoms with Gasteiger partial charge in [-0.15, -0.1) is 0 Å². The molecule has 0 unspecified atom stereocenters. The summed E-state index contributed by atoms with van der Waals surface area (Å²) >= 11 is 0. The van der Waals surface area contributed by atoms with Gasteiger partial charge < -0.3 is 0 Å². The van der Waals surface area contributed by atoms with E-state index >= 15 is 0 Å². The Morgan fingerprint density at radius 2 is 0.969 bits per heavy atom. The fraction of sp³-hybridized carbons (Fsp3) is 0.400. The molecule has 0 atom stereocenters. The van der Waals surface area contributed by atoms with Crippen LogP contribution in [0.15, 0.2) is 48.5 Å². The van der Waals surface area contributed by atoms with Crippen LogP contribution in [0.2, 0.25) is 0 Å². The average molecular weight is 442 g/mol. The van der Waals surface area contributed by atoms with E-state index in [1.165, 1.54) is 49.8 Å². The second kappa shape index (κ2) is 9.97. The lowest BCUT2D eigenvalue weighted by atomic mass is 9.34. The summed E-state index contributed by atoms with van der Waals surface area (Å²) < 4.78 is 0. The molecule has 0 saturated carbocycles. The van der Waals surface area contributed by atoms with Crippen molar-refractivity contribution in [2.75, 3.05) is 0 Å². The van der Waals surface area contributed by atoms with Crippen LogP contribution in [0.4, 0.5) is 0 Å². The topological polar surface area (TPSA) is 0 Å². The molecule has 0 N–H and O–H groups in total. The van der Waals surface area contributed by atoms with Crippen molar-refractivity contribution in [3.8, 4) is 0 Å². The van der Waals surface area contributed by atoms with Crippen LogP contribution in [0.1, 0.15) is 61.1 Å². The van der Waals surface area contributed by atoms with Gasteiger partial charge in [-0.1, -0.05) is 134 Å². The van der Waals surface area contributed by atoms with Gasteiger partial charge in [0.15, 0.2) is 0 Å². The van der Waals surface area contributed by atoms with Crippen molar-refractivity contribution in [2.45, 2.75) is 80.6 Å². The Balaban J connectivity index is 2.43. The van der Waals surface area contributed by atoms with Crippen molar-refractivity contribution in [3.05, 3.63) is 81.9 Å². The van der Waals surface area contributed by atoms with E-state index in [2.05, 4.69) is 118 Å². The molecule has 0 nitrogen and oxygen atoms in total. The minimum atomic E-state index is -0.259. The Bertz CT molecular complexity index is 998. The van der Waals surface area contributed by atoms with Gasteiger partial charge in [-0.3, -0.25) is 0 Å². The van der Waals surface area contributed by atoms with Crippen molar-refractivity contribution >= 4 is 36.3 Å². The Labute approximate surface area is 198 Å². The SMILES string of the molecule is Cc1cc(C)c(B(c2ccccc2P(C(C)C)C(C)C)c2c(C)cc(C)cc2C)c(C)c1. The number of hydrogen-bond acceptors (Lipinski definition) is 0. The first-order valence-corrected chi connectivity index (χ1v) is 13.5. The zero-order chi connectivity index (χ0) is 23.7. The summed E-state index contributed by atoms with van der Waals surface area (Å²) in [4.78, 5) is 0. The molecule has 0 fully saturated rings. The molecule has 0 radical (unpaired) electrons. The molecule has 0 aliphatic carbocycles. The van der Waals surface area contributed by atoms with E-state index in [-0.39, 0.29) is 14.6 Å². The Morgan fingerprint density at radius 3 is 1.34 bits per heavy atom. The van der Waals surface area contributed by atoms with Crippen LogP contribution >= 0.6 is 7.92 Å². The fourth-order valence-corrected chi connectivity index (χ4v) is 8.93. The van der Waals surface area contributed by atoms with E-state index in [1.807, 2.05) is 0 Å². The van der Waals surface area contributed by atoms with Crippen LogP contribution in [0.25, 0.3) is 0 Å². The monoisotopic (exact) mass is 442 g/mol. The molecule has 0 bridgehead atoms. The van der Waals surface area contributed by atoms with E-state index in [0.717, 1.165) is 0 Å². The minimum Gasteiger partial charge on any atom is -0.0706 e. The van der Waals surface area contributed by atoms with Gasteiger partial charge in [-0.05, 0) is 58.2 Å². The maximum Gasteiger partial charge on any atom is 0.243 e. The van der Waals surface area contributed by atoms with E-state index < -0.39 is 0 Å². The summed E-state index contributed by atoms with van der Waals surface area (Å²) in [5, 5.41) is 1.58.